The van der Waals surface area contributed by atoms with E-state index in [0.717, 1.165) is 40.0 Å². The summed E-state index contributed by atoms with van der Waals surface area (Å²) in [6, 6.07) is 13.3. The van der Waals surface area contributed by atoms with Crippen molar-refractivity contribution in [3.05, 3.63) is 68.1 Å². The summed E-state index contributed by atoms with van der Waals surface area (Å²) in [5, 5.41) is 4.53. The normalized spacial score (nSPS) is 13.1. The van der Waals surface area contributed by atoms with Crippen LogP contribution in [-0.4, -0.2) is 12.8 Å². The Hall–Kier alpha value is -1.12. The Morgan fingerprint density at radius 1 is 1.10 bits per heavy atom. The van der Waals surface area contributed by atoms with Gasteiger partial charge in [-0.15, -0.1) is 5.59 Å². The Labute approximate surface area is 197 Å². The number of rotatable bonds is 12. The molecule has 0 aliphatic carbocycles. The number of hydrogen-bond donors (Lipinski definition) is 4. The van der Waals surface area contributed by atoms with Crippen LogP contribution in [0.4, 0.5) is 5.69 Å². The predicted molar refractivity (Wildman–Crippen MR) is 131 cm³/mol. The summed E-state index contributed by atoms with van der Waals surface area (Å²) in [4.78, 5) is 5.64. The number of unbranched alkanes of at least 4 members (excludes halogenated alkanes) is 2. The first kappa shape index (κ1) is 25.1. The highest BCUT2D eigenvalue weighted by molar-refractivity contribution is 9.10. The van der Waals surface area contributed by atoms with Crippen LogP contribution < -0.4 is 22.1 Å². The molecule has 30 heavy (non-hydrogen) atoms. The van der Waals surface area contributed by atoms with E-state index in [1.165, 1.54) is 12.8 Å². The van der Waals surface area contributed by atoms with Crippen molar-refractivity contribution in [1.29, 1.82) is 0 Å². The SMILES string of the molecule is CCCCCNNOC(N)/C(CC)=C(\Nc1ccc(Cl)cc1Cl)c1ccc(Br)cc1. The largest absolute Gasteiger partial charge is 0.354 e. The molecule has 2 aromatic carbocycles. The summed E-state index contributed by atoms with van der Waals surface area (Å²) < 4.78 is 0.992. The molecular weight excluding hydrogens is 487 g/mol. The highest BCUT2D eigenvalue weighted by Crippen LogP contribution is 2.31. The Morgan fingerprint density at radius 3 is 2.47 bits per heavy atom. The number of nitrogens with two attached hydrogens (primary N) is 1. The predicted octanol–water partition coefficient (Wildman–Crippen LogP) is 6.49. The van der Waals surface area contributed by atoms with Crippen LogP contribution in [0.1, 0.15) is 45.1 Å². The van der Waals surface area contributed by atoms with E-state index in [1.54, 1.807) is 12.1 Å². The molecule has 0 aliphatic rings. The number of hydrazine groups is 1. The maximum Gasteiger partial charge on any atom is 0.152 e. The molecule has 5 nitrogen and oxygen atoms in total. The first-order valence-electron chi connectivity index (χ1n) is 10.1. The monoisotopic (exact) mass is 514 g/mol. The fourth-order valence-electron chi connectivity index (χ4n) is 2.89. The zero-order chi connectivity index (χ0) is 21.9. The van der Waals surface area contributed by atoms with E-state index in [1.807, 2.05) is 37.3 Å². The van der Waals surface area contributed by atoms with Crippen LogP contribution in [0.5, 0.6) is 0 Å². The number of anilines is 1. The second-order valence-electron chi connectivity index (χ2n) is 6.78. The van der Waals surface area contributed by atoms with Crippen LogP contribution in [0, 0.1) is 0 Å². The van der Waals surface area contributed by atoms with Gasteiger partial charge in [-0.25, -0.2) is 5.43 Å². The molecule has 0 spiro atoms. The van der Waals surface area contributed by atoms with Crippen molar-refractivity contribution in [2.75, 3.05) is 11.9 Å². The molecule has 0 aliphatic heterocycles. The average Bonchev–Trinajstić information content (AvgIpc) is 2.72. The highest BCUT2D eigenvalue weighted by atomic mass is 79.9. The molecule has 0 heterocycles. The summed E-state index contributed by atoms with van der Waals surface area (Å²) in [6.45, 7) is 5.02. The molecule has 0 bridgehead atoms. The molecule has 1 atom stereocenters. The van der Waals surface area contributed by atoms with Gasteiger partial charge >= 0.3 is 0 Å². The summed E-state index contributed by atoms with van der Waals surface area (Å²) >= 11 is 15.9. The minimum absolute atomic E-state index is 0.526. The van der Waals surface area contributed by atoms with Crippen molar-refractivity contribution < 1.29 is 4.84 Å². The van der Waals surface area contributed by atoms with Crippen LogP contribution in [0.3, 0.4) is 0 Å². The Morgan fingerprint density at radius 2 is 1.83 bits per heavy atom. The molecule has 5 N–H and O–H groups in total. The number of nitrogens with one attached hydrogen (secondary N) is 3. The number of halogens is 3. The molecule has 8 heteroatoms. The van der Waals surface area contributed by atoms with Crippen molar-refractivity contribution >= 4 is 50.5 Å². The number of benzene rings is 2. The molecular formula is C22H29BrCl2N4O. The molecule has 0 aromatic heterocycles. The second kappa shape index (κ2) is 13.3. The molecule has 0 fully saturated rings. The van der Waals surface area contributed by atoms with E-state index in [4.69, 9.17) is 33.8 Å². The minimum atomic E-state index is -0.661. The van der Waals surface area contributed by atoms with Gasteiger partial charge in [0.2, 0.25) is 0 Å². The third-order valence-corrected chi connectivity index (χ3v) is 5.61. The molecule has 0 saturated carbocycles. The lowest BCUT2D eigenvalue weighted by atomic mass is 10.0. The Bertz CT molecular complexity index is 830. The van der Waals surface area contributed by atoms with E-state index in [9.17, 15) is 0 Å². The zero-order valence-electron chi connectivity index (χ0n) is 17.3. The summed E-state index contributed by atoms with van der Waals surface area (Å²) in [6.07, 6.45) is 3.42. The van der Waals surface area contributed by atoms with Crippen molar-refractivity contribution in [3.63, 3.8) is 0 Å². The van der Waals surface area contributed by atoms with E-state index in [0.29, 0.717) is 16.5 Å². The van der Waals surface area contributed by atoms with Crippen molar-refractivity contribution in [2.45, 2.75) is 45.8 Å². The Balaban J connectivity index is 2.26. The van der Waals surface area contributed by atoms with Crippen LogP contribution in [-0.2, 0) is 4.84 Å². The van der Waals surface area contributed by atoms with Crippen LogP contribution in [0.15, 0.2) is 52.5 Å². The molecule has 0 saturated heterocycles. The van der Waals surface area contributed by atoms with Gasteiger partial charge in [0.1, 0.15) is 0 Å². The summed E-state index contributed by atoms with van der Waals surface area (Å²) in [7, 11) is 0. The quantitative estimate of drug-likeness (QED) is 0.148. The van der Waals surface area contributed by atoms with E-state index in [2.05, 4.69) is 39.2 Å². The van der Waals surface area contributed by atoms with Crippen molar-refractivity contribution in [1.82, 2.24) is 11.0 Å². The molecule has 2 rings (SSSR count). The molecule has 164 valence electrons. The van der Waals surface area contributed by atoms with Crippen molar-refractivity contribution in [2.24, 2.45) is 5.73 Å². The van der Waals surface area contributed by atoms with E-state index >= 15 is 0 Å². The molecule has 2 aromatic rings. The molecule has 0 amide bonds. The van der Waals surface area contributed by atoms with Gasteiger partial charge in [0, 0.05) is 21.7 Å². The fourth-order valence-corrected chi connectivity index (χ4v) is 3.61. The van der Waals surface area contributed by atoms with E-state index in [-0.39, 0.29) is 0 Å². The first-order chi connectivity index (χ1) is 14.5. The van der Waals surface area contributed by atoms with Gasteiger partial charge in [-0.2, -0.15) is 0 Å². The average molecular weight is 516 g/mol. The maximum atomic E-state index is 6.40. The lowest BCUT2D eigenvalue weighted by Gasteiger charge is -2.22. The van der Waals surface area contributed by atoms with Gasteiger partial charge in [-0.05, 0) is 54.3 Å². The van der Waals surface area contributed by atoms with Gasteiger partial charge in [0.05, 0.1) is 10.7 Å². The molecule has 0 radical (unpaired) electrons. The van der Waals surface area contributed by atoms with Gasteiger partial charge in [0.25, 0.3) is 0 Å². The molecule has 1 unspecified atom stereocenters. The highest BCUT2D eigenvalue weighted by Gasteiger charge is 2.17. The maximum absolute atomic E-state index is 6.40. The zero-order valence-corrected chi connectivity index (χ0v) is 20.4. The lowest BCUT2D eigenvalue weighted by molar-refractivity contribution is -0.0290. The second-order valence-corrected chi connectivity index (χ2v) is 8.54. The van der Waals surface area contributed by atoms with Crippen LogP contribution in [0.25, 0.3) is 5.70 Å². The third kappa shape index (κ3) is 7.85. The Kier molecular flexibility index (Phi) is 11.2. The van der Waals surface area contributed by atoms with Crippen molar-refractivity contribution in [3.8, 4) is 0 Å². The third-order valence-electron chi connectivity index (χ3n) is 4.53. The summed E-state index contributed by atoms with van der Waals surface area (Å²) in [5.74, 6) is 0. The number of hydrogen-bond acceptors (Lipinski definition) is 5. The van der Waals surface area contributed by atoms with Crippen LogP contribution >= 0.6 is 39.1 Å². The van der Waals surface area contributed by atoms with Gasteiger partial charge in [-0.1, -0.05) is 78.0 Å². The van der Waals surface area contributed by atoms with Gasteiger partial charge in [-0.3, -0.25) is 4.84 Å². The fraction of sp³-hybridized carbons (Fsp3) is 0.364. The summed E-state index contributed by atoms with van der Waals surface area (Å²) in [5.41, 5.74) is 15.6. The smallest absolute Gasteiger partial charge is 0.152 e. The first-order valence-corrected chi connectivity index (χ1v) is 11.6. The van der Waals surface area contributed by atoms with Gasteiger partial charge < -0.3 is 11.1 Å². The topological polar surface area (TPSA) is 71.3 Å². The van der Waals surface area contributed by atoms with Gasteiger partial charge in [0.15, 0.2) is 6.23 Å². The minimum Gasteiger partial charge on any atom is -0.354 e. The van der Waals surface area contributed by atoms with Crippen LogP contribution in [0.2, 0.25) is 10.0 Å². The standard InChI is InChI=1S/C22H29BrCl2N4O/c1-3-5-6-13-27-29-30-22(26)18(4-2)21(15-7-9-16(23)10-8-15)28-20-12-11-17(24)14-19(20)25/h7-12,14,22,27-29H,3-6,13,26H2,1-2H3/b21-18-. The lowest BCUT2D eigenvalue weighted by Crippen LogP contribution is -2.41. The van der Waals surface area contributed by atoms with E-state index < -0.39 is 6.23 Å².